The van der Waals surface area contributed by atoms with E-state index in [1.54, 1.807) is 7.11 Å². The van der Waals surface area contributed by atoms with Crippen molar-refractivity contribution in [3.05, 3.63) is 0 Å². The van der Waals surface area contributed by atoms with Gasteiger partial charge < -0.3 is 4.74 Å². The minimum absolute atomic E-state index is 0.613. The van der Waals surface area contributed by atoms with E-state index in [9.17, 15) is 0 Å². The van der Waals surface area contributed by atoms with Gasteiger partial charge in [0.15, 0.2) is 0 Å². The molecule has 0 amide bonds. The van der Waals surface area contributed by atoms with E-state index in [2.05, 4.69) is 13.8 Å². The van der Waals surface area contributed by atoms with Gasteiger partial charge in [0, 0.05) is 19.6 Å². The Morgan fingerprint density at radius 3 is 2.30 bits per heavy atom. The highest BCUT2D eigenvalue weighted by molar-refractivity contribution is 6.18. The molecule has 0 radical (unpaired) electrons. The van der Waals surface area contributed by atoms with Crippen LogP contribution in [0.5, 0.6) is 0 Å². The number of hydrogen-bond acceptors (Lipinski definition) is 1. The van der Waals surface area contributed by atoms with Crippen molar-refractivity contribution in [1.29, 1.82) is 0 Å². The molecular weight excluding hydrogens is 148 g/mol. The van der Waals surface area contributed by atoms with Gasteiger partial charge in [0.25, 0.3) is 0 Å². The first kappa shape index (κ1) is 10.2. The SMILES string of the molecule is COCCC(CCl)C(C)C. The van der Waals surface area contributed by atoms with E-state index in [0.29, 0.717) is 11.8 Å². The van der Waals surface area contributed by atoms with E-state index >= 15 is 0 Å². The Bertz CT molecular complexity index is 73.7. The summed E-state index contributed by atoms with van der Waals surface area (Å²) in [5.74, 6) is 2.04. The zero-order chi connectivity index (χ0) is 7.98. The maximum atomic E-state index is 5.74. The lowest BCUT2D eigenvalue weighted by Crippen LogP contribution is -2.12. The molecule has 1 atom stereocenters. The molecule has 0 heterocycles. The van der Waals surface area contributed by atoms with Crippen molar-refractivity contribution in [2.75, 3.05) is 19.6 Å². The van der Waals surface area contributed by atoms with E-state index in [1.165, 1.54) is 0 Å². The Labute approximate surface area is 68.7 Å². The topological polar surface area (TPSA) is 9.23 Å². The summed E-state index contributed by atoms with van der Waals surface area (Å²) in [7, 11) is 1.73. The van der Waals surface area contributed by atoms with Crippen LogP contribution in [0.2, 0.25) is 0 Å². The molecule has 0 aliphatic carbocycles. The minimum atomic E-state index is 0.613. The zero-order valence-corrected chi connectivity index (χ0v) is 7.82. The van der Waals surface area contributed by atoms with E-state index in [0.717, 1.165) is 18.9 Å². The normalized spacial score (nSPS) is 14.1. The molecule has 1 nitrogen and oxygen atoms in total. The molecule has 0 saturated carbocycles. The first-order valence-corrected chi connectivity index (χ1v) is 4.30. The predicted octanol–water partition coefficient (Wildman–Crippen LogP) is 2.53. The van der Waals surface area contributed by atoms with Crippen LogP contribution >= 0.6 is 11.6 Å². The standard InChI is InChI=1S/C8H17ClO/c1-7(2)8(6-9)4-5-10-3/h7-8H,4-6H2,1-3H3. The van der Waals surface area contributed by atoms with E-state index < -0.39 is 0 Å². The summed E-state index contributed by atoms with van der Waals surface area (Å²) < 4.78 is 4.97. The van der Waals surface area contributed by atoms with Crippen molar-refractivity contribution < 1.29 is 4.74 Å². The van der Waals surface area contributed by atoms with E-state index in [-0.39, 0.29) is 0 Å². The van der Waals surface area contributed by atoms with Gasteiger partial charge in [-0.25, -0.2) is 0 Å². The van der Waals surface area contributed by atoms with Crippen LogP contribution in [-0.4, -0.2) is 19.6 Å². The molecule has 0 saturated heterocycles. The van der Waals surface area contributed by atoms with Crippen LogP contribution < -0.4 is 0 Å². The summed E-state index contributed by atoms with van der Waals surface area (Å²) in [6.07, 6.45) is 1.08. The highest BCUT2D eigenvalue weighted by Gasteiger charge is 2.10. The first-order chi connectivity index (χ1) is 4.72. The Balaban J connectivity index is 3.40. The molecule has 0 rings (SSSR count). The van der Waals surface area contributed by atoms with E-state index in [4.69, 9.17) is 16.3 Å². The molecule has 0 N–H and O–H groups in total. The van der Waals surface area contributed by atoms with Crippen LogP contribution in [0.3, 0.4) is 0 Å². The quantitative estimate of drug-likeness (QED) is 0.568. The van der Waals surface area contributed by atoms with Crippen LogP contribution in [0.1, 0.15) is 20.3 Å². The second-order valence-electron chi connectivity index (χ2n) is 2.94. The largest absolute Gasteiger partial charge is 0.385 e. The molecule has 0 aliphatic rings. The molecule has 0 aromatic rings. The van der Waals surface area contributed by atoms with E-state index in [1.807, 2.05) is 0 Å². The van der Waals surface area contributed by atoms with Gasteiger partial charge in [-0.1, -0.05) is 13.8 Å². The lowest BCUT2D eigenvalue weighted by Gasteiger charge is -2.16. The number of methoxy groups -OCH3 is 1. The Hall–Kier alpha value is 0.250. The van der Waals surface area contributed by atoms with Gasteiger partial charge >= 0.3 is 0 Å². The van der Waals surface area contributed by atoms with Crippen molar-refractivity contribution in [3.8, 4) is 0 Å². The fraction of sp³-hybridized carbons (Fsp3) is 1.00. The van der Waals surface area contributed by atoms with Crippen molar-refractivity contribution in [2.45, 2.75) is 20.3 Å². The number of ether oxygens (including phenoxy) is 1. The summed E-state index contributed by atoms with van der Waals surface area (Å²) in [5.41, 5.74) is 0. The second-order valence-corrected chi connectivity index (χ2v) is 3.25. The van der Waals surface area contributed by atoms with Gasteiger partial charge in [0.05, 0.1) is 0 Å². The van der Waals surface area contributed by atoms with Crippen molar-refractivity contribution in [3.63, 3.8) is 0 Å². The molecular formula is C8H17ClO. The summed E-state index contributed by atoms with van der Waals surface area (Å²) in [6, 6.07) is 0. The third kappa shape index (κ3) is 4.13. The van der Waals surface area contributed by atoms with Crippen LogP contribution in [0.4, 0.5) is 0 Å². The summed E-state index contributed by atoms with van der Waals surface area (Å²) in [5, 5.41) is 0. The van der Waals surface area contributed by atoms with Crippen LogP contribution in [0, 0.1) is 11.8 Å². The molecule has 0 aromatic carbocycles. The van der Waals surface area contributed by atoms with Crippen LogP contribution in [0.15, 0.2) is 0 Å². The van der Waals surface area contributed by atoms with Gasteiger partial charge in [0.1, 0.15) is 0 Å². The second kappa shape index (κ2) is 5.99. The Morgan fingerprint density at radius 1 is 1.40 bits per heavy atom. The van der Waals surface area contributed by atoms with Crippen molar-refractivity contribution in [2.24, 2.45) is 11.8 Å². The minimum Gasteiger partial charge on any atom is -0.385 e. The molecule has 0 spiro atoms. The van der Waals surface area contributed by atoms with Crippen LogP contribution in [-0.2, 0) is 4.74 Å². The molecule has 62 valence electrons. The molecule has 10 heavy (non-hydrogen) atoms. The van der Waals surface area contributed by atoms with Crippen molar-refractivity contribution in [1.82, 2.24) is 0 Å². The molecule has 0 bridgehead atoms. The molecule has 2 heteroatoms. The van der Waals surface area contributed by atoms with Gasteiger partial charge in [-0.3, -0.25) is 0 Å². The first-order valence-electron chi connectivity index (χ1n) is 3.77. The zero-order valence-electron chi connectivity index (χ0n) is 7.06. The third-order valence-electron chi connectivity index (χ3n) is 1.83. The molecule has 1 unspecified atom stereocenters. The fourth-order valence-electron chi connectivity index (χ4n) is 0.858. The summed E-state index contributed by atoms with van der Waals surface area (Å²) >= 11 is 5.74. The van der Waals surface area contributed by atoms with Gasteiger partial charge in [-0.2, -0.15) is 0 Å². The number of rotatable bonds is 5. The summed E-state index contributed by atoms with van der Waals surface area (Å²) in [4.78, 5) is 0. The van der Waals surface area contributed by atoms with Gasteiger partial charge in [-0.05, 0) is 18.3 Å². The third-order valence-corrected chi connectivity index (χ3v) is 2.23. The number of hydrogen-bond donors (Lipinski definition) is 0. The molecule has 0 aromatic heterocycles. The highest BCUT2D eigenvalue weighted by Crippen LogP contribution is 2.16. The molecule has 0 aliphatic heterocycles. The van der Waals surface area contributed by atoms with Crippen LogP contribution in [0.25, 0.3) is 0 Å². The lowest BCUT2D eigenvalue weighted by atomic mass is 9.95. The monoisotopic (exact) mass is 164 g/mol. The fourth-order valence-corrected chi connectivity index (χ4v) is 1.37. The Kier molecular flexibility index (Phi) is 6.14. The van der Waals surface area contributed by atoms with Crippen molar-refractivity contribution >= 4 is 11.6 Å². The maximum Gasteiger partial charge on any atom is 0.0465 e. The number of alkyl halides is 1. The van der Waals surface area contributed by atoms with Gasteiger partial charge in [0.2, 0.25) is 0 Å². The molecule has 0 fully saturated rings. The predicted molar refractivity (Wildman–Crippen MR) is 45.5 cm³/mol. The number of halogens is 1. The van der Waals surface area contributed by atoms with Gasteiger partial charge in [-0.15, -0.1) is 11.6 Å². The highest BCUT2D eigenvalue weighted by atomic mass is 35.5. The average molecular weight is 165 g/mol. The lowest BCUT2D eigenvalue weighted by molar-refractivity contribution is 0.171. The smallest absolute Gasteiger partial charge is 0.0465 e. The summed E-state index contributed by atoms with van der Waals surface area (Å²) in [6.45, 7) is 5.22. The Morgan fingerprint density at radius 2 is 2.00 bits per heavy atom. The maximum absolute atomic E-state index is 5.74. The average Bonchev–Trinajstić information content (AvgIpc) is 1.89.